The topological polar surface area (TPSA) is 61.4 Å². The third-order valence-corrected chi connectivity index (χ3v) is 2.40. The van der Waals surface area contributed by atoms with Crippen molar-refractivity contribution in [2.45, 2.75) is 13.5 Å². The largest absolute Gasteiger partial charge is 0.338 e. The van der Waals surface area contributed by atoms with E-state index in [2.05, 4.69) is 10.6 Å². The molecule has 104 valence electrons. The van der Waals surface area contributed by atoms with E-state index in [1.54, 1.807) is 37.1 Å². The van der Waals surface area contributed by atoms with Crippen molar-refractivity contribution in [1.82, 2.24) is 15.5 Å². The molecule has 0 unspecified atom stereocenters. The summed E-state index contributed by atoms with van der Waals surface area (Å²) in [6, 6.07) is 5.86. The maximum atomic E-state index is 13.4. The molecule has 1 aromatic rings. The van der Waals surface area contributed by atoms with E-state index < -0.39 is 11.9 Å². The molecule has 2 N–H and O–H groups in total. The molecule has 3 amide bonds. The normalized spacial score (nSPS) is 10.3. The Kier molecular flexibility index (Phi) is 5.95. The summed E-state index contributed by atoms with van der Waals surface area (Å²) in [5.41, 5.74) is 0.510. The third-order valence-electron chi connectivity index (χ3n) is 2.40. The van der Waals surface area contributed by atoms with Crippen molar-refractivity contribution in [2.75, 3.05) is 20.1 Å². The maximum Gasteiger partial charge on any atom is 0.321 e. The number of rotatable bonds is 5. The Morgan fingerprint density at radius 3 is 2.63 bits per heavy atom. The second-order valence-electron chi connectivity index (χ2n) is 4.17. The van der Waals surface area contributed by atoms with Gasteiger partial charge in [0.2, 0.25) is 5.91 Å². The fourth-order valence-corrected chi connectivity index (χ4v) is 1.59. The summed E-state index contributed by atoms with van der Waals surface area (Å²) in [4.78, 5) is 24.3. The minimum Gasteiger partial charge on any atom is -0.338 e. The number of nitrogens with one attached hydrogen (secondary N) is 2. The van der Waals surface area contributed by atoms with Crippen molar-refractivity contribution >= 4 is 11.9 Å². The smallest absolute Gasteiger partial charge is 0.321 e. The standard InChI is InChI=1S/C13H18FN3O2/c1-3-15-13(19)16-12(18)9-17(2)8-10-6-4-5-7-11(10)14/h4-7H,3,8-9H2,1-2H3,(H2,15,16,18,19). The Morgan fingerprint density at radius 1 is 1.32 bits per heavy atom. The lowest BCUT2D eigenvalue weighted by molar-refractivity contribution is -0.120. The molecule has 0 heterocycles. The Hall–Kier alpha value is -1.95. The van der Waals surface area contributed by atoms with E-state index >= 15 is 0 Å². The number of nitrogens with zero attached hydrogens (tertiary/aromatic N) is 1. The van der Waals surface area contributed by atoms with Crippen molar-refractivity contribution < 1.29 is 14.0 Å². The second-order valence-corrected chi connectivity index (χ2v) is 4.17. The fraction of sp³-hybridized carbons (Fsp3) is 0.385. The van der Waals surface area contributed by atoms with Crippen LogP contribution in [0, 0.1) is 5.82 Å². The molecule has 19 heavy (non-hydrogen) atoms. The fourth-order valence-electron chi connectivity index (χ4n) is 1.59. The molecule has 0 aliphatic heterocycles. The van der Waals surface area contributed by atoms with E-state index in [1.165, 1.54) is 6.07 Å². The minimum absolute atomic E-state index is 0.0193. The summed E-state index contributed by atoms with van der Waals surface area (Å²) in [5, 5.41) is 4.65. The van der Waals surface area contributed by atoms with Crippen LogP contribution in [0.5, 0.6) is 0 Å². The Labute approximate surface area is 111 Å². The lowest BCUT2D eigenvalue weighted by Crippen LogP contribution is -2.43. The van der Waals surface area contributed by atoms with Crippen LogP contribution in [-0.2, 0) is 11.3 Å². The second kappa shape index (κ2) is 7.48. The van der Waals surface area contributed by atoms with Gasteiger partial charge < -0.3 is 5.32 Å². The first-order chi connectivity index (χ1) is 9.02. The first kappa shape index (κ1) is 15.1. The van der Waals surface area contributed by atoms with Crippen molar-refractivity contribution in [3.8, 4) is 0 Å². The summed E-state index contributed by atoms with van der Waals surface area (Å²) >= 11 is 0. The number of likely N-dealkylation sites (N-methyl/N-ethyl adjacent to an activating group) is 1. The highest BCUT2D eigenvalue weighted by molar-refractivity contribution is 5.95. The van der Waals surface area contributed by atoms with Gasteiger partial charge in [-0.1, -0.05) is 18.2 Å². The summed E-state index contributed by atoms with van der Waals surface area (Å²) < 4.78 is 13.4. The average Bonchev–Trinajstić information content (AvgIpc) is 2.31. The van der Waals surface area contributed by atoms with Gasteiger partial charge in [0.1, 0.15) is 5.82 Å². The Morgan fingerprint density at radius 2 is 2.00 bits per heavy atom. The van der Waals surface area contributed by atoms with Crippen LogP contribution in [0.3, 0.4) is 0 Å². The highest BCUT2D eigenvalue weighted by Gasteiger charge is 2.11. The highest BCUT2D eigenvalue weighted by atomic mass is 19.1. The number of urea groups is 1. The Balaban J connectivity index is 2.43. The molecule has 0 fully saturated rings. The lowest BCUT2D eigenvalue weighted by Gasteiger charge is -2.16. The molecule has 0 aliphatic rings. The number of hydrogen-bond donors (Lipinski definition) is 2. The number of carbonyl (C=O) groups excluding carboxylic acids is 2. The average molecular weight is 267 g/mol. The number of amides is 3. The summed E-state index contributed by atoms with van der Waals surface area (Å²) in [6.45, 7) is 2.53. The lowest BCUT2D eigenvalue weighted by atomic mass is 10.2. The van der Waals surface area contributed by atoms with Crippen LogP contribution in [0.1, 0.15) is 12.5 Å². The van der Waals surface area contributed by atoms with Gasteiger partial charge >= 0.3 is 6.03 Å². The molecule has 0 atom stereocenters. The monoisotopic (exact) mass is 267 g/mol. The molecule has 5 nitrogen and oxygen atoms in total. The van der Waals surface area contributed by atoms with Crippen LogP contribution < -0.4 is 10.6 Å². The number of carbonyl (C=O) groups is 2. The van der Waals surface area contributed by atoms with E-state index in [-0.39, 0.29) is 12.4 Å². The van der Waals surface area contributed by atoms with Crippen molar-refractivity contribution in [1.29, 1.82) is 0 Å². The van der Waals surface area contributed by atoms with E-state index in [9.17, 15) is 14.0 Å². The van der Waals surface area contributed by atoms with Crippen LogP contribution in [0.25, 0.3) is 0 Å². The minimum atomic E-state index is -0.521. The van der Waals surface area contributed by atoms with Gasteiger partial charge in [0.25, 0.3) is 0 Å². The van der Waals surface area contributed by atoms with Gasteiger partial charge in [0.05, 0.1) is 6.54 Å². The number of benzene rings is 1. The zero-order chi connectivity index (χ0) is 14.3. The molecular formula is C13H18FN3O2. The van der Waals surface area contributed by atoms with Crippen LogP contribution in [0.4, 0.5) is 9.18 Å². The quantitative estimate of drug-likeness (QED) is 0.840. The van der Waals surface area contributed by atoms with Crippen LogP contribution in [0.2, 0.25) is 0 Å². The summed E-state index contributed by atoms with van der Waals surface area (Å²) in [6.07, 6.45) is 0. The van der Waals surface area contributed by atoms with Crippen LogP contribution in [0.15, 0.2) is 24.3 Å². The molecular weight excluding hydrogens is 249 g/mol. The van der Waals surface area contributed by atoms with Crippen molar-refractivity contribution in [3.63, 3.8) is 0 Å². The summed E-state index contributed by atoms with van der Waals surface area (Å²) in [5.74, 6) is -0.733. The van der Waals surface area contributed by atoms with Gasteiger partial charge in [-0.15, -0.1) is 0 Å². The van der Waals surface area contributed by atoms with Gasteiger partial charge in [-0.2, -0.15) is 0 Å². The molecule has 0 bridgehead atoms. The molecule has 1 rings (SSSR count). The first-order valence-electron chi connectivity index (χ1n) is 6.02. The molecule has 0 aliphatic carbocycles. The maximum absolute atomic E-state index is 13.4. The zero-order valence-corrected chi connectivity index (χ0v) is 11.1. The predicted octanol–water partition coefficient (Wildman–Crippen LogP) is 1.10. The van der Waals surface area contributed by atoms with Gasteiger partial charge in [0.15, 0.2) is 0 Å². The number of halogens is 1. The van der Waals surface area contributed by atoms with Crippen LogP contribution in [-0.4, -0.2) is 37.0 Å². The first-order valence-corrected chi connectivity index (χ1v) is 6.02. The zero-order valence-electron chi connectivity index (χ0n) is 11.1. The Bertz CT molecular complexity index is 451. The number of hydrogen-bond acceptors (Lipinski definition) is 3. The van der Waals surface area contributed by atoms with Gasteiger partial charge in [-0.05, 0) is 20.0 Å². The van der Waals surface area contributed by atoms with Gasteiger partial charge in [-0.3, -0.25) is 15.0 Å². The molecule has 0 saturated carbocycles. The van der Waals surface area contributed by atoms with Gasteiger partial charge in [0, 0.05) is 18.7 Å². The molecule has 0 radical (unpaired) electrons. The van der Waals surface area contributed by atoms with Gasteiger partial charge in [-0.25, -0.2) is 9.18 Å². The van der Waals surface area contributed by atoms with E-state index in [4.69, 9.17) is 0 Å². The molecule has 0 aromatic heterocycles. The van der Waals surface area contributed by atoms with Crippen LogP contribution >= 0.6 is 0 Å². The van der Waals surface area contributed by atoms with E-state index in [1.807, 2.05) is 0 Å². The third kappa shape index (κ3) is 5.48. The van der Waals surface area contributed by atoms with E-state index in [0.717, 1.165) is 0 Å². The molecule has 0 spiro atoms. The van der Waals surface area contributed by atoms with E-state index in [0.29, 0.717) is 18.7 Å². The molecule has 1 aromatic carbocycles. The highest BCUT2D eigenvalue weighted by Crippen LogP contribution is 2.08. The molecule has 6 heteroatoms. The predicted molar refractivity (Wildman–Crippen MR) is 69.9 cm³/mol. The molecule has 0 saturated heterocycles. The van der Waals surface area contributed by atoms with Crippen molar-refractivity contribution in [2.24, 2.45) is 0 Å². The SMILES string of the molecule is CCNC(=O)NC(=O)CN(C)Cc1ccccc1F. The summed E-state index contributed by atoms with van der Waals surface area (Å²) in [7, 11) is 1.68. The van der Waals surface area contributed by atoms with Crippen molar-refractivity contribution in [3.05, 3.63) is 35.6 Å². The number of imide groups is 1.